The first-order chi connectivity index (χ1) is 11.2. The highest BCUT2D eigenvalue weighted by Gasteiger charge is 2.14. The molecule has 1 heterocycles. The van der Waals surface area contributed by atoms with Crippen molar-refractivity contribution in [1.29, 1.82) is 10.5 Å². The summed E-state index contributed by atoms with van der Waals surface area (Å²) in [7, 11) is 0. The average molecular weight is 359 g/mol. The van der Waals surface area contributed by atoms with Gasteiger partial charge in [0.15, 0.2) is 11.4 Å². The fourth-order valence-corrected chi connectivity index (χ4v) is 3.20. The van der Waals surface area contributed by atoms with Crippen LogP contribution in [0.1, 0.15) is 11.4 Å². The van der Waals surface area contributed by atoms with E-state index in [0.717, 1.165) is 26.0 Å². The van der Waals surface area contributed by atoms with E-state index in [0.29, 0.717) is 11.0 Å². The Kier molecular flexibility index (Phi) is 2.97. The van der Waals surface area contributed by atoms with Gasteiger partial charge in [-0.25, -0.2) is 9.97 Å². The summed E-state index contributed by atoms with van der Waals surface area (Å²) in [6.07, 6.45) is 0. The first-order valence-electron chi connectivity index (χ1n) is 6.85. The molecule has 0 saturated carbocycles. The molecule has 0 aliphatic heterocycles. The van der Waals surface area contributed by atoms with Crippen LogP contribution >= 0.6 is 15.9 Å². The van der Waals surface area contributed by atoms with Gasteiger partial charge in [-0.1, -0.05) is 46.3 Å². The van der Waals surface area contributed by atoms with E-state index < -0.39 is 0 Å². The largest absolute Gasteiger partial charge is 0.232 e. The first-order valence-corrected chi connectivity index (χ1v) is 7.64. The molecule has 1 aromatic heterocycles. The lowest BCUT2D eigenvalue weighted by Gasteiger charge is -2.10. The quantitative estimate of drug-likeness (QED) is 0.435. The third-order valence-electron chi connectivity index (χ3n) is 3.82. The minimum Gasteiger partial charge on any atom is -0.232 e. The SMILES string of the molecule is N#Cc1nc2c3ccccc3c3cc(Br)ccc3c2nc1C#N. The lowest BCUT2D eigenvalue weighted by Crippen LogP contribution is -1.97. The molecule has 3 aromatic carbocycles. The summed E-state index contributed by atoms with van der Waals surface area (Å²) in [6.45, 7) is 0. The molecule has 5 heteroatoms. The molecule has 4 nitrogen and oxygen atoms in total. The normalized spacial score (nSPS) is 10.7. The molecular formula is C18H7BrN4. The van der Waals surface area contributed by atoms with Crippen molar-refractivity contribution in [3.8, 4) is 12.1 Å². The van der Waals surface area contributed by atoms with Crippen molar-refractivity contribution in [2.24, 2.45) is 0 Å². The third kappa shape index (κ3) is 1.95. The minimum atomic E-state index is 0.0551. The first kappa shape index (κ1) is 13.6. The second kappa shape index (κ2) is 5.01. The molecule has 0 amide bonds. The van der Waals surface area contributed by atoms with Gasteiger partial charge in [-0.2, -0.15) is 10.5 Å². The van der Waals surface area contributed by atoms with Crippen LogP contribution in [0.5, 0.6) is 0 Å². The molecule has 4 rings (SSSR count). The van der Waals surface area contributed by atoms with E-state index in [1.54, 1.807) is 0 Å². The predicted octanol–water partition coefficient (Wildman–Crippen LogP) is 4.44. The minimum absolute atomic E-state index is 0.0551. The summed E-state index contributed by atoms with van der Waals surface area (Å²) in [5.41, 5.74) is 1.40. The fraction of sp³-hybridized carbons (Fsp3) is 0. The molecule has 0 N–H and O–H groups in total. The summed E-state index contributed by atoms with van der Waals surface area (Å²) >= 11 is 3.50. The third-order valence-corrected chi connectivity index (χ3v) is 4.31. The molecule has 0 unspecified atom stereocenters. The van der Waals surface area contributed by atoms with Crippen molar-refractivity contribution in [2.45, 2.75) is 0 Å². The van der Waals surface area contributed by atoms with Gasteiger partial charge in [0.25, 0.3) is 0 Å². The van der Waals surface area contributed by atoms with Crippen molar-refractivity contribution in [1.82, 2.24) is 9.97 Å². The van der Waals surface area contributed by atoms with E-state index in [-0.39, 0.29) is 11.4 Å². The number of rotatable bonds is 0. The summed E-state index contributed by atoms with van der Waals surface area (Å²) in [5, 5.41) is 22.4. The van der Waals surface area contributed by atoms with E-state index in [9.17, 15) is 10.5 Å². The lowest BCUT2D eigenvalue weighted by atomic mass is 9.99. The molecule has 0 aliphatic rings. The maximum absolute atomic E-state index is 9.23. The van der Waals surface area contributed by atoms with Gasteiger partial charge in [0.2, 0.25) is 0 Å². The standard InChI is InChI=1S/C18H7BrN4/c19-10-5-6-13-14(7-10)11-3-1-2-4-12(11)17-18(13)23-16(9-21)15(8-20)22-17/h1-7H. The molecule has 106 valence electrons. The van der Waals surface area contributed by atoms with E-state index >= 15 is 0 Å². The van der Waals surface area contributed by atoms with Crippen LogP contribution in [0.3, 0.4) is 0 Å². The van der Waals surface area contributed by atoms with Crippen LogP contribution in [-0.4, -0.2) is 9.97 Å². The van der Waals surface area contributed by atoms with E-state index in [4.69, 9.17) is 0 Å². The summed E-state index contributed by atoms with van der Waals surface area (Å²) in [6, 6.07) is 17.7. The Bertz CT molecular complexity index is 1200. The van der Waals surface area contributed by atoms with Gasteiger partial charge in [-0.05, 0) is 22.9 Å². The van der Waals surface area contributed by atoms with Gasteiger partial charge in [-0.3, -0.25) is 0 Å². The topological polar surface area (TPSA) is 73.4 Å². The van der Waals surface area contributed by atoms with Gasteiger partial charge in [-0.15, -0.1) is 0 Å². The van der Waals surface area contributed by atoms with Crippen LogP contribution in [-0.2, 0) is 0 Å². The number of nitriles is 2. The van der Waals surface area contributed by atoms with Crippen molar-refractivity contribution < 1.29 is 0 Å². The van der Waals surface area contributed by atoms with Crippen LogP contribution in [0.2, 0.25) is 0 Å². The maximum atomic E-state index is 9.23. The Morgan fingerprint density at radius 2 is 1.30 bits per heavy atom. The predicted molar refractivity (Wildman–Crippen MR) is 91.7 cm³/mol. The average Bonchev–Trinajstić information content (AvgIpc) is 2.60. The van der Waals surface area contributed by atoms with Crippen LogP contribution in [0, 0.1) is 22.7 Å². The molecule has 0 radical (unpaired) electrons. The number of nitrogens with zero attached hydrogens (tertiary/aromatic N) is 4. The Hall–Kier alpha value is -3.02. The van der Waals surface area contributed by atoms with Crippen LogP contribution in [0.25, 0.3) is 32.6 Å². The number of halogens is 1. The van der Waals surface area contributed by atoms with Gasteiger partial charge in [0.1, 0.15) is 12.1 Å². The second-order valence-corrected chi connectivity index (χ2v) is 5.99. The zero-order valence-corrected chi connectivity index (χ0v) is 13.3. The van der Waals surface area contributed by atoms with Crippen LogP contribution in [0.15, 0.2) is 46.9 Å². The second-order valence-electron chi connectivity index (χ2n) is 5.08. The highest BCUT2D eigenvalue weighted by molar-refractivity contribution is 9.10. The Balaban J connectivity index is 2.38. The van der Waals surface area contributed by atoms with Gasteiger partial charge >= 0.3 is 0 Å². The Labute approximate surface area is 139 Å². The van der Waals surface area contributed by atoms with E-state index in [2.05, 4.69) is 25.9 Å². The van der Waals surface area contributed by atoms with Crippen molar-refractivity contribution in [2.75, 3.05) is 0 Å². The van der Waals surface area contributed by atoms with Crippen LogP contribution < -0.4 is 0 Å². The Morgan fingerprint density at radius 1 is 0.739 bits per heavy atom. The summed E-state index contributed by atoms with van der Waals surface area (Å²) in [4.78, 5) is 8.82. The number of fused-ring (bicyclic) bond motifs is 6. The molecule has 0 saturated heterocycles. The lowest BCUT2D eigenvalue weighted by molar-refractivity contribution is 1.21. The molecule has 0 aliphatic carbocycles. The zero-order valence-electron chi connectivity index (χ0n) is 11.7. The molecule has 4 aromatic rings. The van der Waals surface area contributed by atoms with Crippen molar-refractivity contribution in [3.63, 3.8) is 0 Å². The number of aromatic nitrogens is 2. The highest BCUT2D eigenvalue weighted by Crippen LogP contribution is 2.34. The summed E-state index contributed by atoms with van der Waals surface area (Å²) in [5.74, 6) is 0. The highest BCUT2D eigenvalue weighted by atomic mass is 79.9. The van der Waals surface area contributed by atoms with Crippen molar-refractivity contribution in [3.05, 3.63) is 58.3 Å². The number of hydrogen-bond donors (Lipinski definition) is 0. The number of hydrogen-bond acceptors (Lipinski definition) is 4. The molecule has 0 fully saturated rings. The molecule has 0 bridgehead atoms. The fourth-order valence-electron chi connectivity index (χ4n) is 2.84. The summed E-state index contributed by atoms with van der Waals surface area (Å²) < 4.78 is 0.969. The molecular weight excluding hydrogens is 352 g/mol. The maximum Gasteiger partial charge on any atom is 0.177 e. The molecule has 0 atom stereocenters. The molecule has 23 heavy (non-hydrogen) atoms. The smallest absolute Gasteiger partial charge is 0.177 e. The Morgan fingerprint density at radius 3 is 1.91 bits per heavy atom. The van der Waals surface area contributed by atoms with E-state index in [1.165, 1.54) is 0 Å². The van der Waals surface area contributed by atoms with Crippen LogP contribution in [0.4, 0.5) is 0 Å². The van der Waals surface area contributed by atoms with Gasteiger partial charge in [0.05, 0.1) is 11.0 Å². The van der Waals surface area contributed by atoms with Crippen molar-refractivity contribution >= 4 is 48.5 Å². The van der Waals surface area contributed by atoms with Gasteiger partial charge in [0, 0.05) is 15.2 Å². The zero-order chi connectivity index (χ0) is 16.0. The monoisotopic (exact) mass is 358 g/mol. The molecule has 0 spiro atoms. The number of benzene rings is 3. The van der Waals surface area contributed by atoms with Gasteiger partial charge < -0.3 is 0 Å². The van der Waals surface area contributed by atoms with E-state index in [1.807, 2.05) is 54.6 Å².